The molecule has 1 aliphatic rings. The Morgan fingerprint density at radius 1 is 1.29 bits per heavy atom. The number of carbonyl (C=O) groups excluding carboxylic acids is 1. The Kier molecular flexibility index (Phi) is 3.20. The van der Waals surface area contributed by atoms with Gasteiger partial charge in [0, 0.05) is 17.5 Å². The van der Waals surface area contributed by atoms with Crippen LogP contribution in [0.4, 0.5) is 0 Å². The number of rotatable bonds is 4. The van der Waals surface area contributed by atoms with Crippen molar-refractivity contribution in [3.05, 3.63) is 34.9 Å². The van der Waals surface area contributed by atoms with Gasteiger partial charge in [-0.15, -0.1) is 0 Å². The summed E-state index contributed by atoms with van der Waals surface area (Å²) in [5, 5.41) is 12.1. The Hall–Kier alpha value is -1.35. The maximum atomic E-state index is 11.9. The van der Waals surface area contributed by atoms with Crippen molar-refractivity contribution in [3.8, 4) is 0 Å². The molecule has 92 valence electrons. The molecular weight excluding hydrogens is 214 g/mol. The number of aryl methyl sites for hydroxylation is 2. The first-order chi connectivity index (χ1) is 8.04. The molecule has 1 fully saturated rings. The average molecular weight is 233 g/mol. The molecule has 0 heterocycles. The van der Waals surface area contributed by atoms with Crippen LogP contribution >= 0.6 is 0 Å². The largest absolute Gasteiger partial charge is 0.396 e. The molecule has 0 bridgehead atoms. The van der Waals surface area contributed by atoms with Crippen LogP contribution in [0.1, 0.15) is 34.3 Å². The van der Waals surface area contributed by atoms with E-state index in [1.165, 1.54) is 0 Å². The molecule has 1 amide bonds. The van der Waals surface area contributed by atoms with Gasteiger partial charge in [-0.2, -0.15) is 0 Å². The van der Waals surface area contributed by atoms with E-state index in [4.69, 9.17) is 0 Å². The Bertz CT molecular complexity index is 416. The highest BCUT2D eigenvalue weighted by molar-refractivity contribution is 5.94. The highest BCUT2D eigenvalue weighted by Crippen LogP contribution is 2.44. The first-order valence-corrected chi connectivity index (χ1v) is 6.02. The van der Waals surface area contributed by atoms with E-state index in [0.29, 0.717) is 12.1 Å². The zero-order chi connectivity index (χ0) is 12.5. The second kappa shape index (κ2) is 4.49. The SMILES string of the molecule is Cc1cc(C)cc(C(=O)NCC2(CO)CC2)c1. The molecule has 3 nitrogen and oxygen atoms in total. The minimum Gasteiger partial charge on any atom is -0.396 e. The molecule has 2 N–H and O–H groups in total. The molecule has 1 aromatic carbocycles. The number of carbonyl (C=O) groups is 1. The highest BCUT2D eigenvalue weighted by Gasteiger charge is 2.42. The van der Waals surface area contributed by atoms with Crippen molar-refractivity contribution in [2.45, 2.75) is 26.7 Å². The lowest BCUT2D eigenvalue weighted by Crippen LogP contribution is -2.31. The molecule has 0 aromatic heterocycles. The molecule has 1 aliphatic carbocycles. The fraction of sp³-hybridized carbons (Fsp3) is 0.500. The van der Waals surface area contributed by atoms with Crippen LogP contribution in [0.25, 0.3) is 0 Å². The Morgan fingerprint density at radius 2 is 1.88 bits per heavy atom. The predicted molar refractivity (Wildman–Crippen MR) is 67.0 cm³/mol. The third-order valence-electron chi connectivity index (χ3n) is 3.40. The molecule has 0 atom stereocenters. The number of aliphatic hydroxyl groups is 1. The van der Waals surface area contributed by atoms with Crippen molar-refractivity contribution >= 4 is 5.91 Å². The maximum absolute atomic E-state index is 11.9. The third-order valence-corrected chi connectivity index (χ3v) is 3.40. The third kappa shape index (κ3) is 2.86. The van der Waals surface area contributed by atoms with Crippen LogP contribution in [-0.4, -0.2) is 24.2 Å². The Labute approximate surface area is 102 Å². The number of nitrogens with one attached hydrogen (secondary N) is 1. The van der Waals surface area contributed by atoms with E-state index in [1.807, 2.05) is 32.0 Å². The van der Waals surface area contributed by atoms with Crippen LogP contribution in [0.5, 0.6) is 0 Å². The zero-order valence-electron chi connectivity index (χ0n) is 10.4. The number of aliphatic hydroxyl groups excluding tert-OH is 1. The van der Waals surface area contributed by atoms with Crippen LogP contribution in [0.15, 0.2) is 18.2 Å². The van der Waals surface area contributed by atoms with Gasteiger partial charge < -0.3 is 10.4 Å². The van der Waals surface area contributed by atoms with Crippen LogP contribution in [0.2, 0.25) is 0 Å². The Balaban J connectivity index is 1.99. The van der Waals surface area contributed by atoms with Crippen molar-refractivity contribution in [1.29, 1.82) is 0 Å². The van der Waals surface area contributed by atoms with Gasteiger partial charge >= 0.3 is 0 Å². The van der Waals surface area contributed by atoms with Crippen molar-refractivity contribution in [3.63, 3.8) is 0 Å². The van der Waals surface area contributed by atoms with Gasteiger partial charge in [-0.1, -0.05) is 17.2 Å². The number of amides is 1. The quantitative estimate of drug-likeness (QED) is 0.833. The standard InChI is InChI=1S/C14H19NO2/c1-10-5-11(2)7-12(6-10)13(17)15-8-14(9-16)3-4-14/h5-7,16H,3-4,8-9H2,1-2H3,(H,15,17). The summed E-state index contributed by atoms with van der Waals surface area (Å²) in [6.07, 6.45) is 2.02. The number of hydrogen-bond donors (Lipinski definition) is 2. The number of benzene rings is 1. The topological polar surface area (TPSA) is 49.3 Å². The summed E-state index contributed by atoms with van der Waals surface area (Å²) in [6.45, 7) is 4.72. The Morgan fingerprint density at radius 3 is 2.35 bits per heavy atom. The summed E-state index contributed by atoms with van der Waals surface area (Å²) in [5.74, 6) is -0.0449. The lowest BCUT2D eigenvalue weighted by molar-refractivity contribution is 0.0935. The summed E-state index contributed by atoms with van der Waals surface area (Å²) < 4.78 is 0. The summed E-state index contributed by atoms with van der Waals surface area (Å²) in [6, 6.07) is 5.83. The summed E-state index contributed by atoms with van der Waals surface area (Å²) >= 11 is 0. The molecule has 0 spiro atoms. The van der Waals surface area contributed by atoms with Crippen LogP contribution < -0.4 is 5.32 Å². The van der Waals surface area contributed by atoms with Crippen LogP contribution in [0.3, 0.4) is 0 Å². The first kappa shape index (κ1) is 12.1. The molecule has 3 heteroatoms. The molecular formula is C14H19NO2. The number of hydrogen-bond acceptors (Lipinski definition) is 2. The predicted octanol–water partition coefficient (Wildman–Crippen LogP) is 1.81. The van der Waals surface area contributed by atoms with Crippen molar-refractivity contribution in [2.24, 2.45) is 5.41 Å². The van der Waals surface area contributed by atoms with E-state index in [0.717, 1.165) is 24.0 Å². The highest BCUT2D eigenvalue weighted by atomic mass is 16.3. The minimum atomic E-state index is -0.0449. The maximum Gasteiger partial charge on any atom is 0.251 e. The van der Waals surface area contributed by atoms with Crippen molar-refractivity contribution in [2.75, 3.05) is 13.2 Å². The van der Waals surface area contributed by atoms with Gasteiger partial charge in [0.1, 0.15) is 0 Å². The van der Waals surface area contributed by atoms with E-state index in [2.05, 4.69) is 5.32 Å². The van der Waals surface area contributed by atoms with Crippen LogP contribution in [-0.2, 0) is 0 Å². The van der Waals surface area contributed by atoms with E-state index in [-0.39, 0.29) is 17.9 Å². The van der Waals surface area contributed by atoms with Crippen LogP contribution in [0, 0.1) is 19.3 Å². The van der Waals surface area contributed by atoms with Crippen molar-refractivity contribution in [1.82, 2.24) is 5.32 Å². The van der Waals surface area contributed by atoms with Gasteiger partial charge in [0.05, 0.1) is 6.61 Å². The molecule has 0 unspecified atom stereocenters. The van der Waals surface area contributed by atoms with E-state index in [1.54, 1.807) is 0 Å². The molecule has 17 heavy (non-hydrogen) atoms. The molecule has 1 aromatic rings. The van der Waals surface area contributed by atoms with Gasteiger partial charge in [0.25, 0.3) is 5.91 Å². The average Bonchev–Trinajstić information content (AvgIpc) is 3.05. The summed E-state index contributed by atoms with van der Waals surface area (Å²) in [4.78, 5) is 11.9. The van der Waals surface area contributed by atoms with E-state index < -0.39 is 0 Å². The molecule has 2 rings (SSSR count). The molecule has 0 aliphatic heterocycles. The van der Waals surface area contributed by atoms with Gasteiger partial charge in [0.15, 0.2) is 0 Å². The molecule has 0 radical (unpaired) electrons. The van der Waals surface area contributed by atoms with E-state index in [9.17, 15) is 9.90 Å². The van der Waals surface area contributed by atoms with Gasteiger partial charge in [-0.25, -0.2) is 0 Å². The smallest absolute Gasteiger partial charge is 0.251 e. The van der Waals surface area contributed by atoms with E-state index >= 15 is 0 Å². The molecule has 1 saturated carbocycles. The second-order valence-corrected chi connectivity index (χ2v) is 5.22. The van der Waals surface area contributed by atoms with Gasteiger partial charge in [0.2, 0.25) is 0 Å². The lowest BCUT2D eigenvalue weighted by Gasteiger charge is -2.13. The monoisotopic (exact) mass is 233 g/mol. The zero-order valence-corrected chi connectivity index (χ0v) is 10.4. The summed E-state index contributed by atoms with van der Waals surface area (Å²) in [7, 11) is 0. The fourth-order valence-corrected chi connectivity index (χ4v) is 2.04. The fourth-order valence-electron chi connectivity index (χ4n) is 2.04. The van der Waals surface area contributed by atoms with Crippen molar-refractivity contribution < 1.29 is 9.90 Å². The summed E-state index contributed by atoms with van der Waals surface area (Å²) in [5.41, 5.74) is 2.86. The molecule has 0 saturated heterocycles. The minimum absolute atomic E-state index is 0.0332. The van der Waals surface area contributed by atoms with Gasteiger partial charge in [-0.3, -0.25) is 4.79 Å². The first-order valence-electron chi connectivity index (χ1n) is 6.02. The normalized spacial score (nSPS) is 16.6. The second-order valence-electron chi connectivity index (χ2n) is 5.22. The lowest BCUT2D eigenvalue weighted by atomic mass is 10.1. The van der Waals surface area contributed by atoms with Gasteiger partial charge in [-0.05, 0) is 38.8 Å².